The van der Waals surface area contributed by atoms with Crippen LogP contribution in [-0.4, -0.2) is 44.2 Å². The van der Waals surface area contributed by atoms with Crippen molar-refractivity contribution in [3.8, 4) is 0 Å². The molecule has 0 unspecified atom stereocenters. The van der Waals surface area contributed by atoms with Gasteiger partial charge in [0, 0.05) is 30.9 Å². The minimum absolute atomic E-state index is 0.144. The summed E-state index contributed by atoms with van der Waals surface area (Å²) < 4.78 is 1.69. The Kier molecular flexibility index (Phi) is 4.20. The van der Waals surface area contributed by atoms with E-state index in [0.717, 1.165) is 31.3 Å². The van der Waals surface area contributed by atoms with Gasteiger partial charge >= 0.3 is 0 Å². The predicted octanol–water partition coefficient (Wildman–Crippen LogP) is 3.37. The van der Waals surface area contributed by atoms with Gasteiger partial charge in [0.05, 0.1) is 16.7 Å². The van der Waals surface area contributed by atoms with Crippen LogP contribution in [0, 0.1) is 0 Å². The lowest BCUT2D eigenvalue weighted by atomic mass is 10.2. The lowest BCUT2D eigenvalue weighted by molar-refractivity contribution is 0.0780. The molecule has 5 rings (SSSR count). The summed E-state index contributed by atoms with van der Waals surface area (Å²) in [7, 11) is 0. The monoisotopic (exact) mass is 385 g/mol. The summed E-state index contributed by atoms with van der Waals surface area (Å²) in [6.45, 7) is 1.45. The van der Waals surface area contributed by atoms with Gasteiger partial charge in [0.2, 0.25) is 5.82 Å². The van der Waals surface area contributed by atoms with E-state index in [-0.39, 0.29) is 23.3 Å². The zero-order valence-electron chi connectivity index (χ0n) is 15.7. The SMILES string of the molecule is O=C(Nc1cccc2cccnc12)c1nc(C(=O)N2CCCC2)n2ccccc12. The van der Waals surface area contributed by atoms with E-state index >= 15 is 0 Å². The smallest absolute Gasteiger partial charge is 0.290 e. The number of imidazole rings is 1. The molecule has 0 radical (unpaired) electrons. The van der Waals surface area contributed by atoms with Crippen LogP contribution in [0.2, 0.25) is 0 Å². The molecule has 0 atom stereocenters. The Labute approximate surface area is 167 Å². The second-order valence-electron chi connectivity index (χ2n) is 7.07. The number of rotatable bonds is 3. The number of carbonyl (C=O) groups excluding carboxylic acids is 2. The maximum Gasteiger partial charge on any atom is 0.290 e. The third-order valence-corrected chi connectivity index (χ3v) is 5.23. The Balaban J connectivity index is 1.54. The van der Waals surface area contributed by atoms with Crippen LogP contribution in [0.1, 0.15) is 33.9 Å². The maximum atomic E-state index is 13.1. The molecule has 1 aromatic carbocycles. The third kappa shape index (κ3) is 3.00. The number of amides is 2. The quantitative estimate of drug-likeness (QED) is 0.586. The molecule has 4 aromatic rings. The number of nitrogens with one attached hydrogen (secondary N) is 1. The van der Waals surface area contributed by atoms with E-state index < -0.39 is 0 Å². The first-order chi connectivity index (χ1) is 14.2. The molecular formula is C22H19N5O2. The Morgan fingerprint density at radius 2 is 1.79 bits per heavy atom. The fourth-order valence-corrected chi connectivity index (χ4v) is 3.80. The Morgan fingerprint density at radius 1 is 0.966 bits per heavy atom. The van der Waals surface area contributed by atoms with E-state index in [9.17, 15) is 9.59 Å². The van der Waals surface area contributed by atoms with Crippen LogP contribution in [0.5, 0.6) is 0 Å². The van der Waals surface area contributed by atoms with E-state index in [1.165, 1.54) is 0 Å². The average molecular weight is 385 g/mol. The van der Waals surface area contributed by atoms with Gasteiger partial charge in [-0.05, 0) is 37.1 Å². The summed E-state index contributed by atoms with van der Waals surface area (Å²) in [5, 5.41) is 3.85. The van der Waals surface area contributed by atoms with Crippen molar-refractivity contribution in [2.24, 2.45) is 0 Å². The minimum Gasteiger partial charge on any atom is -0.336 e. The van der Waals surface area contributed by atoms with E-state index in [1.807, 2.05) is 42.5 Å². The molecule has 2 amide bonds. The topological polar surface area (TPSA) is 79.6 Å². The summed E-state index contributed by atoms with van der Waals surface area (Å²) in [6.07, 6.45) is 5.45. The van der Waals surface area contributed by atoms with Crippen molar-refractivity contribution < 1.29 is 9.59 Å². The third-order valence-electron chi connectivity index (χ3n) is 5.23. The van der Waals surface area contributed by atoms with Crippen LogP contribution < -0.4 is 5.32 Å². The van der Waals surface area contributed by atoms with Crippen molar-refractivity contribution >= 4 is 33.9 Å². The zero-order chi connectivity index (χ0) is 19.8. The number of para-hydroxylation sites is 1. The van der Waals surface area contributed by atoms with Gasteiger partial charge in [0.1, 0.15) is 0 Å². The normalized spacial score (nSPS) is 13.9. The van der Waals surface area contributed by atoms with Crippen LogP contribution in [0.15, 0.2) is 60.9 Å². The maximum absolute atomic E-state index is 13.1. The lowest BCUT2D eigenvalue weighted by Gasteiger charge is -2.13. The molecule has 7 nitrogen and oxygen atoms in total. The molecule has 0 aliphatic carbocycles. The number of fused-ring (bicyclic) bond motifs is 2. The molecule has 7 heteroatoms. The van der Waals surface area contributed by atoms with Gasteiger partial charge in [0.25, 0.3) is 11.8 Å². The Bertz CT molecular complexity index is 1240. The highest BCUT2D eigenvalue weighted by atomic mass is 16.2. The van der Waals surface area contributed by atoms with Crippen molar-refractivity contribution in [3.63, 3.8) is 0 Å². The van der Waals surface area contributed by atoms with Crippen molar-refractivity contribution in [1.82, 2.24) is 19.3 Å². The number of anilines is 1. The summed E-state index contributed by atoms with van der Waals surface area (Å²) >= 11 is 0. The van der Waals surface area contributed by atoms with Crippen LogP contribution in [0.25, 0.3) is 16.4 Å². The summed E-state index contributed by atoms with van der Waals surface area (Å²) in [6, 6.07) is 14.9. The van der Waals surface area contributed by atoms with Crippen LogP contribution in [0.4, 0.5) is 5.69 Å². The molecule has 1 aliphatic rings. The molecule has 4 heterocycles. The second kappa shape index (κ2) is 7.01. The Morgan fingerprint density at radius 3 is 2.66 bits per heavy atom. The van der Waals surface area contributed by atoms with E-state index in [1.54, 1.807) is 27.8 Å². The van der Waals surface area contributed by atoms with Crippen molar-refractivity contribution in [2.75, 3.05) is 18.4 Å². The number of hydrogen-bond acceptors (Lipinski definition) is 4. The number of hydrogen-bond donors (Lipinski definition) is 1. The highest BCUT2D eigenvalue weighted by molar-refractivity contribution is 6.11. The minimum atomic E-state index is -0.368. The molecule has 1 N–H and O–H groups in total. The average Bonchev–Trinajstić information content (AvgIpc) is 3.42. The molecular weight excluding hydrogens is 366 g/mol. The van der Waals surface area contributed by atoms with Crippen LogP contribution in [0.3, 0.4) is 0 Å². The van der Waals surface area contributed by atoms with E-state index in [4.69, 9.17) is 0 Å². The van der Waals surface area contributed by atoms with Gasteiger partial charge in [-0.15, -0.1) is 0 Å². The summed E-state index contributed by atoms with van der Waals surface area (Å²) in [5.41, 5.74) is 2.14. The molecule has 1 fully saturated rings. The van der Waals surface area contributed by atoms with Gasteiger partial charge in [-0.1, -0.05) is 24.3 Å². The van der Waals surface area contributed by atoms with E-state index in [0.29, 0.717) is 16.7 Å². The molecule has 1 saturated heterocycles. The summed E-state index contributed by atoms with van der Waals surface area (Å²) in [4.78, 5) is 36.6. The van der Waals surface area contributed by atoms with Crippen molar-refractivity contribution in [3.05, 3.63) is 72.4 Å². The first kappa shape index (κ1) is 17.4. The van der Waals surface area contributed by atoms with Crippen LogP contribution in [-0.2, 0) is 0 Å². The molecule has 0 saturated carbocycles. The predicted molar refractivity (Wildman–Crippen MR) is 110 cm³/mol. The van der Waals surface area contributed by atoms with Gasteiger partial charge in [-0.3, -0.25) is 19.0 Å². The van der Waals surface area contributed by atoms with Crippen molar-refractivity contribution in [1.29, 1.82) is 0 Å². The Hall–Kier alpha value is -3.74. The molecule has 144 valence electrons. The van der Waals surface area contributed by atoms with Gasteiger partial charge in [-0.25, -0.2) is 4.98 Å². The number of benzene rings is 1. The summed E-state index contributed by atoms with van der Waals surface area (Å²) in [5.74, 6) is -0.245. The number of aromatic nitrogens is 3. The first-order valence-electron chi connectivity index (χ1n) is 9.64. The number of likely N-dealkylation sites (tertiary alicyclic amines) is 1. The number of carbonyl (C=O) groups is 2. The van der Waals surface area contributed by atoms with E-state index in [2.05, 4.69) is 15.3 Å². The largest absolute Gasteiger partial charge is 0.336 e. The fraction of sp³-hybridized carbons (Fsp3) is 0.182. The van der Waals surface area contributed by atoms with Gasteiger partial charge in [0.15, 0.2) is 5.69 Å². The molecule has 0 spiro atoms. The van der Waals surface area contributed by atoms with Crippen LogP contribution >= 0.6 is 0 Å². The second-order valence-corrected chi connectivity index (χ2v) is 7.07. The van der Waals surface area contributed by atoms with Gasteiger partial charge < -0.3 is 10.2 Å². The molecule has 1 aliphatic heterocycles. The highest BCUT2D eigenvalue weighted by Crippen LogP contribution is 2.23. The highest BCUT2D eigenvalue weighted by Gasteiger charge is 2.27. The molecule has 0 bridgehead atoms. The lowest BCUT2D eigenvalue weighted by Crippen LogP contribution is -2.29. The fourth-order valence-electron chi connectivity index (χ4n) is 3.80. The van der Waals surface area contributed by atoms with Crippen molar-refractivity contribution in [2.45, 2.75) is 12.8 Å². The van der Waals surface area contributed by atoms with Gasteiger partial charge in [-0.2, -0.15) is 0 Å². The number of pyridine rings is 2. The standard InChI is InChI=1S/C22H19N5O2/c28-21(24-16-9-5-7-15-8-6-11-23-18(15)16)19-17-10-1-2-14-27(17)20(25-19)22(29)26-12-3-4-13-26/h1-2,5-11,14H,3-4,12-13H2,(H,24,28). The first-order valence-corrected chi connectivity index (χ1v) is 9.64. The molecule has 3 aromatic heterocycles. The number of nitrogens with zero attached hydrogens (tertiary/aromatic N) is 4. The molecule has 29 heavy (non-hydrogen) atoms. The zero-order valence-corrected chi connectivity index (χ0v) is 15.7.